The highest BCUT2D eigenvalue weighted by molar-refractivity contribution is 6.06. The van der Waals surface area contributed by atoms with Crippen LogP contribution < -0.4 is 25.9 Å². The first-order chi connectivity index (χ1) is 16.9. The summed E-state index contributed by atoms with van der Waals surface area (Å²) in [4.78, 5) is 38.8. The van der Waals surface area contributed by atoms with Crippen molar-refractivity contribution in [1.82, 2.24) is 20.6 Å². The fourth-order valence-corrected chi connectivity index (χ4v) is 3.73. The minimum absolute atomic E-state index is 0.00972. The number of benzene rings is 3. The first kappa shape index (κ1) is 23.5. The minimum Gasteiger partial charge on any atom is -0.496 e. The van der Waals surface area contributed by atoms with E-state index in [0.717, 1.165) is 11.1 Å². The van der Waals surface area contributed by atoms with Gasteiger partial charge in [0.2, 0.25) is 0 Å². The standard InChI is InChI=1S/C26H24N4O5/c1-16-21(34-2)13-18(14-22(16)35-3)24(31)27-28-25(32)23-19-11-7-8-12-20(19)26(33)30(29-23)15-17-9-5-4-6-10-17/h4-14H,15H2,1-3H3,(H,27,31)(H,28,32). The van der Waals surface area contributed by atoms with E-state index in [1.165, 1.54) is 18.9 Å². The van der Waals surface area contributed by atoms with Crippen LogP contribution in [0.15, 0.2) is 71.5 Å². The summed E-state index contributed by atoms with van der Waals surface area (Å²) in [5.41, 5.74) is 6.31. The fourth-order valence-electron chi connectivity index (χ4n) is 3.73. The summed E-state index contributed by atoms with van der Waals surface area (Å²) in [5, 5.41) is 5.05. The van der Waals surface area contributed by atoms with Crippen molar-refractivity contribution in [1.29, 1.82) is 0 Å². The molecular weight excluding hydrogens is 448 g/mol. The average molecular weight is 473 g/mol. The van der Waals surface area contributed by atoms with Crippen molar-refractivity contribution < 1.29 is 19.1 Å². The Labute approximate surface area is 201 Å². The van der Waals surface area contributed by atoms with E-state index < -0.39 is 11.8 Å². The Balaban J connectivity index is 1.62. The van der Waals surface area contributed by atoms with Gasteiger partial charge in [-0.3, -0.25) is 25.2 Å². The second-order valence-corrected chi connectivity index (χ2v) is 7.76. The van der Waals surface area contributed by atoms with E-state index in [9.17, 15) is 14.4 Å². The number of hydrogen-bond acceptors (Lipinski definition) is 6. The number of rotatable bonds is 6. The Morgan fingerprint density at radius 3 is 2.06 bits per heavy atom. The summed E-state index contributed by atoms with van der Waals surface area (Å²) in [6.07, 6.45) is 0. The lowest BCUT2D eigenvalue weighted by Crippen LogP contribution is -2.42. The molecule has 0 saturated heterocycles. The number of nitrogens with zero attached hydrogens (tertiary/aromatic N) is 2. The number of methoxy groups -OCH3 is 2. The van der Waals surface area contributed by atoms with Crippen molar-refractivity contribution in [3.63, 3.8) is 0 Å². The van der Waals surface area contributed by atoms with Gasteiger partial charge < -0.3 is 9.47 Å². The number of carbonyl (C=O) groups is 2. The van der Waals surface area contributed by atoms with Gasteiger partial charge in [-0.2, -0.15) is 5.10 Å². The number of ether oxygens (including phenoxy) is 2. The summed E-state index contributed by atoms with van der Waals surface area (Å²) in [5.74, 6) is -0.290. The lowest BCUT2D eigenvalue weighted by atomic mass is 10.1. The maximum atomic E-state index is 13.1. The highest BCUT2D eigenvalue weighted by atomic mass is 16.5. The van der Waals surface area contributed by atoms with Gasteiger partial charge in [0.1, 0.15) is 11.5 Å². The van der Waals surface area contributed by atoms with E-state index in [1.807, 2.05) is 37.3 Å². The maximum absolute atomic E-state index is 13.1. The molecule has 0 aliphatic rings. The van der Waals surface area contributed by atoms with Crippen LogP contribution in [0.1, 0.15) is 32.0 Å². The van der Waals surface area contributed by atoms with Crippen LogP contribution in [0.25, 0.3) is 10.8 Å². The molecule has 0 aliphatic carbocycles. The summed E-state index contributed by atoms with van der Waals surface area (Å²) < 4.78 is 11.8. The van der Waals surface area contributed by atoms with Gasteiger partial charge in [-0.15, -0.1) is 0 Å². The Hall–Kier alpha value is -4.66. The molecule has 4 aromatic rings. The van der Waals surface area contributed by atoms with Gasteiger partial charge in [0.25, 0.3) is 17.4 Å². The molecule has 0 bridgehead atoms. The predicted octanol–water partition coefficient (Wildman–Crippen LogP) is 2.85. The van der Waals surface area contributed by atoms with E-state index in [2.05, 4.69) is 16.0 Å². The number of carbonyl (C=O) groups excluding carboxylic acids is 2. The van der Waals surface area contributed by atoms with Gasteiger partial charge in [0, 0.05) is 16.5 Å². The molecule has 0 atom stereocenters. The first-order valence-corrected chi connectivity index (χ1v) is 10.8. The number of hydrogen-bond donors (Lipinski definition) is 2. The summed E-state index contributed by atoms with van der Waals surface area (Å²) in [6.45, 7) is 2.00. The molecule has 2 amide bonds. The number of aromatic nitrogens is 2. The van der Waals surface area contributed by atoms with Gasteiger partial charge >= 0.3 is 0 Å². The highest BCUT2D eigenvalue weighted by Gasteiger charge is 2.19. The Morgan fingerprint density at radius 1 is 0.857 bits per heavy atom. The smallest absolute Gasteiger partial charge is 0.290 e. The van der Waals surface area contributed by atoms with Crippen LogP contribution in [0.3, 0.4) is 0 Å². The molecule has 0 saturated carbocycles. The molecular formula is C26H24N4O5. The molecule has 35 heavy (non-hydrogen) atoms. The Morgan fingerprint density at radius 2 is 1.43 bits per heavy atom. The van der Waals surface area contributed by atoms with E-state index in [4.69, 9.17) is 9.47 Å². The van der Waals surface area contributed by atoms with Crippen LogP contribution in [-0.2, 0) is 6.54 Å². The van der Waals surface area contributed by atoms with Crippen molar-refractivity contribution >= 4 is 22.6 Å². The molecule has 0 unspecified atom stereocenters. The number of hydrazine groups is 1. The topological polar surface area (TPSA) is 112 Å². The van der Waals surface area contributed by atoms with E-state index in [0.29, 0.717) is 22.3 Å². The second-order valence-electron chi connectivity index (χ2n) is 7.76. The molecule has 9 heteroatoms. The van der Waals surface area contributed by atoms with Gasteiger partial charge in [-0.1, -0.05) is 48.5 Å². The third kappa shape index (κ3) is 4.84. The third-order valence-corrected chi connectivity index (χ3v) is 5.56. The minimum atomic E-state index is -0.664. The van der Waals surface area contributed by atoms with E-state index in [-0.39, 0.29) is 23.4 Å². The van der Waals surface area contributed by atoms with Gasteiger partial charge in [0.15, 0.2) is 5.69 Å². The molecule has 178 valence electrons. The molecule has 0 spiro atoms. The molecule has 1 aromatic heterocycles. The quantitative estimate of drug-likeness (QED) is 0.418. The number of nitrogens with one attached hydrogen (secondary N) is 2. The number of amides is 2. The maximum Gasteiger partial charge on any atom is 0.290 e. The Kier molecular flexibility index (Phi) is 6.77. The Bertz CT molecular complexity index is 1440. The molecule has 0 fully saturated rings. The lowest BCUT2D eigenvalue weighted by molar-refractivity contribution is 0.0843. The molecule has 3 aromatic carbocycles. The van der Waals surface area contributed by atoms with Crippen LogP contribution in [0, 0.1) is 6.92 Å². The van der Waals surface area contributed by atoms with Crippen LogP contribution in [0.4, 0.5) is 0 Å². The van der Waals surface area contributed by atoms with Crippen molar-refractivity contribution in [3.8, 4) is 11.5 Å². The molecule has 1 heterocycles. The average Bonchev–Trinajstić information content (AvgIpc) is 2.89. The normalized spacial score (nSPS) is 10.6. The lowest BCUT2D eigenvalue weighted by Gasteiger charge is -2.14. The van der Waals surface area contributed by atoms with Crippen LogP contribution in [0.5, 0.6) is 11.5 Å². The molecule has 2 N–H and O–H groups in total. The van der Waals surface area contributed by atoms with Crippen LogP contribution in [0.2, 0.25) is 0 Å². The first-order valence-electron chi connectivity index (χ1n) is 10.8. The zero-order valence-corrected chi connectivity index (χ0v) is 19.5. The molecule has 0 aliphatic heterocycles. The molecule has 0 radical (unpaired) electrons. The third-order valence-electron chi connectivity index (χ3n) is 5.56. The van der Waals surface area contributed by atoms with E-state index in [1.54, 1.807) is 36.4 Å². The monoisotopic (exact) mass is 472 g/mol. The zero-order valence-electron chi connectivity index (χ0n) is 19.5. The van der Waals surface area contributed by atoms with Gasteiger partial charge in [-0.05, 0) is 30.7 Å². The molecule has 4 rings (SSSR count). The SMILES string of the molecule is COc1cc(C(=O)NNC(=O)c2nn(Cc3ccccc3)c(=O)c3ccccc23)cc(OC)c1C. The van der Waals surface area contributed by atoms with Gasteiger partial charge in [0.05, 0.1) is 26.2 Å². The number of fused-ring (bicyclic) bond motifs is 1. The van der Waals surface area contributed by atoms with Crippen molar-refractivity contribution in [2.24, 2.45) is 0 Å². The van der Waals surface area contributed by atoms with Gasteiger partial charge in [-0.25, -0.2) is 4.68 Å². The van der Waals surface area contributed by atoms with Crippen molar-refractivity contribution in [3.05, 3.63) is 99.5 Å². The fraction of sp³-hybridized carbons (Fsp3) is 0.154. The molecule has 9 nitrogen and oxygen atoms in total. The summed E-state index contributed by atoms with van der Waals surface area (Å²) >= 11 is 0. The predicted molar refractivity (Wildman–Crippen MR) is 131 cm³/mol. The van der Waals surface area contributed by atoms with Crippen molar-refractivity contribution in [2.75, 3.05) is 14.2 Å². The second kappa shape index (κ2) is 10.1. The van der Waals surface area contributed by atoms with E-state index >= 15 is 0 Å². The van der Waals surface area contributed by atoms with Crippen LogP contribution >= 0.6 is 0 Å². The van der Waals surface area contributed by atoms with Crippen molar-refractivity contribution in [2.45, 2.75) is 13.5 Å². The zero-order chi connectivity index (χ0) is 24.9. The highest BCUT2D eigenvalue weighted by Crippen LogP contribution is 2.29. The van der Waals surface area contributed by atoms with Crippen LogP contribution in [-0.4, -0.2) is 35.8 Å². The summed E-state index contributed by atoms with van der Waals surface area (Å²) in [6, 6.07) is 19.1. The summed E-state index contributed by atoms with van der Waals surface area (Å²) in [7, 11) is 2.98. The largest absolute Gasteiger partial charge is 0.496 e.